The first-order valence-electron chi connectivity index (χ1n) is 4.86. The minimum absolute atomic E-state index is 0.687. The Morgan fingerprint density at radius 1 is 1.27 bits per heavy atom. The maximum absolute atomic E-state index is 5.88. The lowest BCUT2D eigenvalue weighted by Gasteiger charge is -2.04. The van der Waals surface area contributed by atoms with E-state index in [1.165, 1.54) is 0 Å². The number of hydrogen-bond donors (Lipinski definition) is 1. The number of aromatic nitrogens is 2. The molecule has 0 radical (unpaired) electrons. The third kappa shape index (κ3) is 2.31. The molecule has 0 spiro atoms. The normalized spacial score (nSPS) is 10.2. The highest BCUT2D eigenvalue weighted by Crippen LogP contribution is 2.13. The highest BCUT2D eigenvalue weighted by molar-refractivity contribution is 5.45. The van der Waals surface area contributed by atoms with Crippen molar-refractivity contribution in [1.29, 1.82) is 0 Å². The molecule has 0 aromatic carbocycles. The van der Waals surface area contributed by atoms with Crippen molar-refractivity contribution in [2.24, 2.45) is 0 Å². The lowest BCUT2D eigenvalue weighted by Crippen LogP contribution is -2.00. The van der Waals surface area contributed by atoms with Gasteiger partial charge in [-0.25, -0.2) is 0 Å². The molecule has 0 aliphatic rings. The van der Waals surface area contributed by atoms with E-state index in [0.29, 0.717) is 6.42 Å². The smallest absolute Gasteiger partial charge is 0.0692 e. The fourth-order valence-corrected chi connectivity index (χ4v) is 1.44. The summed E-state index contributed by atoms with van der Waals surface area (Å²) in [5.41, 5.74) is 9.57. The molecular formula is C12H13N3. The van der Waals surface area contributed by atoms with Crippen molar-refractivity contribution < 1.29 is 0 Å². The lowest BCUT2D eigenvalue weighted by molar-refractivity contribution is 1.01. The second kappa shape index (κ2) is 4.09. The molecule has 0 aliphatic heterocycles. The zero-order chi connectivity index (χ0) is 10.7. The Morgan fingerprint density at radius 2 is 2.13 bits per heavy atom. The number of aryl methyl sites for hydroxylation is 1. The minimum Gasteiger partial charge on any atom is -0.397 e. The van der Waals surface area contributed by atoms with Crippen molar-refractivity contribution in [3.05, 3.63) is 53.6 Å². The summed E-state index contributed by atoms with van der Waals surface area (Å²) in [4.78, 5) is 8.55. The minimum atomic E-state index is 0.687. The first kappa shape index (κ1) is 9.65. The average molecular weight is 199 g/mol. The number of nitrogen functional groups attached to an aromatic ring is 1. The van der Waals surface area contributed by atoms with Gasteiger partial charge in [0.1, 0.15) is 0 Å². The van der Waals surface area contributed by atoms with Crippen LogP contribution in [0.5, 0.6) is 0 Å². The van der Waals surface area contributed by atoms with Crippen LogP contribution in [0.3, 0.4) is 0 Å². The molecule has 0 fully saturated rings. The van der Waals surface area contributed by atoms with Crippen LogP contribution in [0, 0.1) is 6.92 Å². The van der Waals surface area contributed by atoms with Crippen LogP contribution in [0.25, 0.3) is 0 Å². The summed E-state index contributed by atoms with van der Waals surface area (Å²) in [7, 11) is 0. The number of nitrogens with two attached hydrogens (primary N) is 1. The summed E-state index contributed by atoms with van der Waals surface area (Å²) in [6.07, 6.45) is 4.29. The van der Waals surface area contributed by atoms with E-state index in [0.717, 1.165) is 22.6 Å². The number of anilines is 1. The van der Waals surface area contributed by atoms with Gasteiger partial charge >= 0.3 is 0 Å². The van der Waals surface area contributed by atoms with Crippen LogP contribution in [0.15, 0.2) is 36.7 Å². The van der Waals surface area contributed by atoms with Gasteiger partial charge in [-0.05, 0) is 30.7 Å². The molecule has 0 unspecified atom stereocenters. The molecule has 2 aromatic heterocycles. The Labute approximate surface area is 89.0 Å². The summed E-state index contributed by atoms with van der Waals surface area (Å²) >= 11 is 0. The SMILES string of the molecule is Cc1cnc(Cc2ccccn2)c(N)c1. The zero-order valence-electron chi connectivity index (χ0n) is 8.64. The van der Waals surface area contributed by atoms with E-state index >= 15 is 0 Å². The molecule has 3 heteroatoms. The molecule has 2 N–H and O–H groups in total. The van der Waals surface area contributed by atoms with Crippen LogP contribution in [-0.2, 0) is 6.42 Å². The van der Waals surface area contributed by atoms with Crippen molar-refractivity contribution in [3.8, 4) is 0 Å². The molecule has 15 heavy (non-hydrogen) atoms. The van der Waals surface area contributed by atoms with Crippen LogP contribution in [-0.4, -0.2) is 9.97 Å². The van der Waals surface area contributed by atoms with Crippen molar-refractivity contribution >= 4 is 5.69 Å². The van der Waals surface area contributed by atoms with Gasteiger partial charge in [0.2, 0.25) is 0 Å². The van der Waals surface area contributed by atoms with E-state index in [2.05, 4.69) is 9.97 Å². The Morgan fingerprint density at radius 3 is 2.80 bits per heavy atom. The number of hydrogen-bond acceptors (Lipinski definition) is 3. The van der Waals surface area contributed by atoms with Gasteiger partial charge < -0.3 is 5.73 Å². The van der Waals surface area contributed by atoms with E-state index in [4.69, 9.17) is 5.73 Å². The molecule has 0 aliphatic carbocycles. The van der Waals surface area contributed by atoms with Crippen molar-refractivity contribution in [1.82, 2.24) is 9.97 Å². The second-order valence-electron chi connectivity index (χ2n) is 3.55. The summed E-state index contributed by atoms with van der Waals surface area (Å²) in [6.45, 7) is 1.98. The number of rotatable bonds is 2. The molecule has 0 amide bonds. The zero-order valence-corrected chi connectivity index (χ0v) is 8.64. The van der Waals surface area contributed by atoms with E-state index in [1.54, 1.807) is 6.20 Å². The first-order chi connectivity index (χ1) is 7.25. The molecule has 3 nitrogen and oxygen atoms in total. The van der Waals surface area contributed by atoms with Gasteiger partial charge in [0.25, 0.3) is 0 Å². The predicted molar refractivity (Wildman–Crippen MR) is 60.4 cm³/mol. The second-order valence-corrected chi connectivity index (χ2v) is 3.55. The third-order valence-electron chi connectivity index (χ3n) is 2.22. The lowest BCUT2D eigenvalue weighted by atomic mass is 10.1. The van der Waals surface area contributed by atoms with Gasteiger partial charge in [-0.3, -0.25) is 9.97 Å². The largest absolute Gasteiger partial charge is 0.397 e. The number of pyridine rings is 2. The highest BCUT2D eigenvalue weighted by Gasteiger charge is 2.02. The van der Waals surface area contributed by atoms with Crippen LogP contribution in [0.4, 0.5) is 5.69 Å². The molecule has 2 rings (SSSR count). The quantitative estimate of drug-likeness (QED) is 0.804. The topological polar surface area (TPSA) is 51.8 Å². The Kier molecular flexibility index (Phi) is 2.63. The van der Waals surface area contributed by atoms with Gasteiger partial charge in [0.15, 0.2) is 0 Å². The van der Waals surface area contributed by atoms with Gasteiger partial charge in [0, 0.05) is 24.5 Å². The van der Waals surface area contributed by atoms with Crippen molar-refractivity contribution in [2.45, 2.75) is 13.3 Å². The van der Waals surface area contributed by atoms with Crippen LogP contribution < -0.4 is 5.73 Å². The van der Waals surface area contributed by atoms with Crippen molar-refractivity contribution in [2.75, 3.05) is 5.73 Å². The molecule has 0 bridgehead atoms. The summed E-state index contributed by atoms with van der Waals surface area (Å²) in [6, 6.07) is 7.77. The average Bonchev–Trinajstić information content (AvgIpc) is 2.24. The van der Waals surface area contributed by atoms with Gasteiger partial charge in [-0.15, -0.1) is 0 Å². The standard InChI is InChI=1S/C12H13N3/c1-9-6-11(13)12(15-8-9)7-10-4-2-3-5-14-10/h2-6,8H,7,13H2,1H3. The Bertz CT molecular complexity index is 452. The maximum atomic E-state index is 5.88. The number of nitrogens with zero attached hydrogens (tertiary/aromatic N) is 2. The third-order valence-corrected chi connectivity index (χ3v) is 2.22. The molecular weight excluding hydrogens is 186 g/mol. The van der Waals surface area contributed by atoms with E-state index in [1.807, 2.05) is 37.4 Å². The van der Waals surface area contributed by atoms with Crippen LogP contribution in [0.1, 0.15) is 17.0 Å². The molecule has 2 aromatic rings. The van der Waals surface area contributed by atoms with Gasteiger partial charge in [-0.1, -0.05) is 6.07 Å². The maximum Gasteiger partial charge on any atom is 0.0692 e. The Hall–Kier alpha value is -1.90. The highest BCUT2D eigenvalue weighted by atomic mass is 14.7. The van der Waals surface area contributed by atoms with Crippen LogP contribution >= 0.6 is 0 Å². The van der Waals surface area contributed by atoms with E-state index in [9.17, 15) is 0 Å². The fourth-order valence-electron chi connectivity index (χ4n) is 1.44. The van der Waals surface area contributed by atoms with Gasteiger partial charge in [-0.2, -0.15) is 0 Å². The fraction of sp³-hybridized carbons (Fsp3) is 0.167. The molecule has 2 heterocycles. The Balaban J connectivity index is 2.25. The predicted octanol–water partition coefficient (Wildman–Crippen LogP) is 1.96. The first-order valence-corrected chi connectivity index (χ1v) is 4.86. The van der Waals surface area contributed by atoms with E-state index < -0.39 is 0 Å². The summed E-state index contributed by atoms with van der Waals surface area (Å²) in [5.74, 6) is 0. The summed E-state index contributed by atoms with van der Waals surface area (Å²) < 4.78 is 0. The summed E-state index contributed by atoms with van der Waals surface area (Å²) in [5, 5.41) is 0. The van der Waals surface area contributed by atoms with E-state index in [-0.39, 0.29) is 0 Å². The van der Waals surface area contributed by atoms with Gasteiger partial charge in [0.05, 0.1) is 11.4 Å². The van der Waals surface area contributed by atoms with Crippen molar-refractivity contribution in [3.63, 3.8) is 0 Å². The molecule has 0 saturated heterocycles. The molecule has 0 atom stereocenters. The van der Waals surface area contributed by atoms with Crippen LogP contribution in [0.2, 0.25) is 0 Å². The molecule has 76 valence electrons. The monoisotopic (exact) mass is 199 g/mol. The molecule has 0 saturated carbocycles.